The molecule has 0 bridgehead atoms. The molecule has 14 aromatic carbocycles. The molecule has 2 heterocycles. The SMILES string of the molecule is CC1(C)c2cc(/C=C/c3ccc4c(c3)C(C)(C)c3cc(N(c5ccc([Si](c6ccccc6)(c6ccccc6)c6ccccc6)cc5)c5ncncn5)ccc3-4)ccc2-c2ccc(/C=C/c3ccc4c(c3)C(C)(C)c3cc(N(c5ccc([Si](c6ccccc6)(c6ccccc6)c6ccccc6)cc5)c5ncncn5)ccc3-4)cc21. The molecule has 0 spiro atoms. The van der Waals surface area contributed by atoms with Gasteiger partial charge in [0.1, 0.15) is 25.3 Å². The molecule has 0 radical (unpaired) electrons. The summed E-state index contributed by atoms with van der Waals surface area (Å²) < 4.78 is 0. The first kappa shape index (κ1) is 70.0. The zero-order chi connectivity index (χ0) is 76.5. The number of anilines is 6. The van der Waals surface area contributed by atoms with Crippen molar-refractivity contribution >= 4 is 117 Å². The van der Waals surface area contributed by atoms with Crippen LogP contribution in [0.4, 0.5) is 34.6 Å². The topological polar surface area (TPSA) is 83.8 Å². The lowest BCUT2D eigenvalue weighted by Crippen LogP contribution is -2.74. The first-order chi connectivity index (χ1) is 55.3. The van der Waals surface area contributed by atoms with E-state index in [1.807, 2.05) is 0 Å². The van der Waals surface area contributed by atoms with Crippen molar-refractivity contribution in [2.24, 2.45) is 0 Å². The Bertz CT molecular complexity index is 5720. The maximum absolute atomic E-state index is 4.78. The zero-order valence-corrected chi connectivity index (χ0v) is 66.0. The fourth-order valence-electron chi connectivity index (χ4n) is 18.6. The Hall–Kier alpha value is -13.4. The van der Waals surface area contributed by atoms with Gasteiger partial charge in [0, 0.05) is 39.0 Å². The van der Waals surface area contributed by atoms with E-state index in [9.17, 15) is 0 Å². The van der Waals surface area contributed by atoms with Gasteiger partial charge in [-0.3, -0.25) is 9.80 Å². The Morgan fingerprint density at radius 2 is 0.425 bits per heavy atom. The van der Waals surface area contributed by atoms with Gasteiger partial charge in [-0.1, -0.05) is 357 Å². The smallest absolute Gasteiger partial charge is 0.237 e. The van der Waals surface area contributed by atoms with Crippen LogP contribution in [-0.4, -0.2) is 46.1 Å². The largest absolute Gasteiger partial charge is 0.279 e. The van der Waals surface area contributed by atoms with Crippen molar-refractivity contribution in [3.05, 3.63) is 421 Å². The standard InChI is InChI=1S/C103H82N8Si2/c1-101(2)93-61-71(37-39-73-43-57-89-91-59-49-77(65-97(91)102(3,4)95(89)63-73)110(99-106-67-104-68-107-99)75-45-51-85(52-46-75)112(79-25-13-7-14-26-79,80-27-15-8-16-28-80)81-29-17-9-18-30-81)41-55-87(93)88-56-42-72(62-94(88)101)38-40-74-44-58-90-92-60-50-78(66-98(92)103(5,6)96(90)64-74)111(100-108-69-105-70-109-100)76-47-53-86(54-48-76)113(82-31-19-10-20-32-82,83-33-21-11-22-34-83)84-35-23-12-24-36-84/h7-70H,1-6H3/b39-37+,40-38+. The molecule has 10 heteroatoms. The monoisotopic (exact) mass is 1490 g/mol. The van der Waals surface area contributed by atoms with Crippen LogP contribution in [0.2, 0.25) is 0 Å². The van der Waals surface area contributed by atoms with Crippen LogP contribution < -0.4 is 51.3 Å². The predicted molar refractivity (Wildman–Crippen MR) is 473 cm³/mol. The molecule has 0 atom stereocenters. The average Bonchev–Trinajstić information content (AvgIpc) is 1.67. The first-order valence-corrected chi connectivity index (χ1v) is 42.9. The van der Waals surface area contributed by atoms with E-state index >= 15 is 0 Å². The first-order valence-electron chi connectivity index (χ1n) is 38.9. The fraction of sp³-hybridized carbons (Fsp3) is 0.0874. The molecule has 8 nitrogen and oxygen atoms in total. The highest BCUT2D eigenvalue weighted by Crippen LogP contribution is 2.54. The summed E-state index contributed by atoms with van der Waals surface area (Å²) in [5, 5.41) is 10.6. The van der Waals surface area contributed by atoms with Gasteiger partial charge in [-0.15, -0.1) is 0 Å². The maximum atomic E-state index is 4.78. The van der Waals surface area contributed by atoms with Gasteiger partial charge in [0.15, 0.2) is 16.1 Å². The highest BCUT2D eigenvalue weighted by Gasteiger charge is 2.45. The van der Waals surface area contributed by atoms with E-state index < -0.39 is 16.1 Å². The average molecular weight is 1490 g/mol. The van der Waals surface area contributed by atoms with Crippen molar-refractivity contribution in [3.63, 3.8) is 0 Å². The van der Waals surface area contributed by atoms with E-state index in [2.05, 4.69) is 425 Å². The molecule has 2 aromatic heterocycles. The molecular formula is C103H82N8Si2. The molecule has 0 unspecified atom stereocenters. The summed E-state index contributed by atoms with van der Waals surface area (Å²) in [7, 11) is -5.52. The number of hydrogen-bond donors (Lipinski definition) is 0. The summed E-state index contributed by atoms with van der Waals surface area (Å²) in [4.78, 5) is 31.9. The molecule has 0 amide bonds. The fourth-order valence-corrected chi connectivity index (χ4v) is 28.1. The third kappa shape index (κ3) is 11.9. The minimum absolute atomic E-state index is 0.213. The molecule has 0 aliphatic heterocycles. The van der Waals surface area contributed by atoms with E-state index in [4.69, 9.17) is 19.9 Å². The van der Waals surface area contributed by atoms with E-state index in [1.54, 1.807) is 25.3 Å². The highest BCUT2D eigenvalue weighted by atomic mass is 28.3. The van der Waals surface area contributed by atoms with Gasteiger partial charge in [0.25, 0.3) is 0 Å². The lowest BCUT2D eigenvalue weighted by molar-refractivity contribution is 0.660. The van der Waals surface area contributed by atoms with Crippen molar-refractivity contribution < 1.29 is 0 Å². The molecule has 16 aromatic rings. The number of nitrogens with zero attached hydrogens (tertiary/aromatic N) is 8. The summed E-state index contributed by atoms with van der Waals surface area (Å²) in [6, 6.07) is 126. The zero-order valence-electron chi connectivity index (χ0n) is 64.0. The van der Waals surface area contributed by atoms with Crippen molar-refractivity contribution in [2.45, 2.75) is 57.8 Å². The van der Waals surface area contributed by atoms with E-state index in [-0.39, 0.29) is 16.2 Å². The lowest BCUT2D eigenvalue weighted by atomic mass is 9.81. The third-order valence-corrected chi connectivity index (χ3v) is 33.9. The summed E-state index contributed by atoms with van der Waals surface area (Å²) in [5.41, 5.74) is 23.1. The quantitative estimate of drug-likeness (QED) is 0.0477. The van der Waals surface area contributed by atoms with E-state index in [0.29, 0.717) is 11.9 Å². The summed E-state index contributed by atoms with van der Waals surface area (Å²) >= 11 is 0. The van der Waals surface area contributed by atoms with Gasteiger partial charge in [-0.05, 0) is 179 Å². The number of aromatic nitrogens is 6. The molecule has 19 rings (SSSR count). The molecule has 3 aliphatic carbocycles. The number of benzene rings is 14. The van der Waals surface area contributed by atoms with Crippen molar-refractivity contribution in [3.8, 4) is 33.4 Å². The van der Waals surface area contributed by atoms with Crippen LogP contribution in [0.25, 0.3) is 57.7 Å². The van der Waals surface area contributed by atoms with Gasteiger partial charge >= 0.3 is 0 Å². The minimum atomic E-state index is -2.76. The van der Waals surface area contributed by atoms with Gasteiger partial charge < -0.3 is 0 Å². The second-order valence-corrected chi connectivity index (χ2v) is 39.2. The summed E-state index contributed by atoms with van der Waals surface area (Å²) in [6.07, 6.45) is 15.4. The van der Waals surface area contributed by atoms with Crippen LogP contribution >= 0.6 is 0 Å². The summed E-state index contributed by atoms with van der Waals surface area (Å²) in [5.74, 6) is 1.11. The molecule has 0 saturated heterocycles. The van der Waals surface area contributed by atoms with Crippen LogP contribution in [0.1, 0.15) is 97.2 Å². The number of fused-ring (bicyclic) bond motifs is 9. The summed E-state index contributed by atoms with van der Waals surface area (Å²) in [6.45, 7) is 14.2. The van der Waals surface area contributed by atoms with Crippen LogP contribution in [-0.2, 0) is 16.2 Å². The Morgan fingerprint density at radius 3 is 0.664 bits per heavy atom. The Morgan fingerprint density at radius 1 is 0.221 bits per heavy atom. The van der Waals surface area contributed by atoms with Gasteiger partial charge in [-0.25, -0.2) is 29.9 Å². The molecule has 0 fully saturated rings. The second-order valence-electron chi connectivity index (χ2n) is 31.6. The maximum Gasteiger partial charge on any atom is 0.237 e. The molecule has 0 N–H and O–H groups in total. The Balaban J connectivity index is 0.562. The molecule has 0 saturated carbocycles. The second kappa shape index (κ2) is 28.2. The normalized spacial score (nSPS) is 13.9. The molecule has 542 valence electrons. The van der Waals surface area contributed by atoms with E-state index in [1.165, 1.54) is 119 Å². The van der Waals surface area contributed by atoms with Crippen LogP contribution in [0.3, 0.4) is 0 Å². The van der Waals surface area contributed by atoms with Crippen LogP contribution in [0.15, 0.2) is 365 Å². The Kier molecular flexibility index (Phi) is 17.5. The molecular weight excluding hydrogens is 1410 g/mol. The lowest BCUT2D eigenvalue weighted by Gasteiger charge is -2.35. The van der Waals surface area contributed by atoms with Crippen LogP contribution in [0.5, 0.6) is 0 Å². The van der Waals surface area contributed by atoms with Gasteiger partial charge in [-0.2, -0.15) is 0 Å². The molecule has 3 aliphatic rings. The van der Waals surface area contributed by atoms with E-state index in [0.717, 1.165) is 33.9 Å². The number of hydrogen-bond acceptors (Lipinski definition) is 8. The number of rotatable bonds is 18. The van der Waals surface area contributed by atoms with Gasteiger partial charge in [0.05, 0.1) is 0 Å². The predicted octanol–water partition coefficient (Wildman–Crippen LogP) is 19.0. The minimum Gasteiger partial charge on any atom is -0.279 e. The highest BCUT2D eigenvalue weighted by molar-refractivity contribution is 7.20. The third-order valence-electron chi connectivity index (χ3n) is 24.3. The van der Waals surface area contributed by atoms with Crippen molar-refractivity contribution in [1.29, 1.82) is 0 Å². The van der Waals surface area contributed by atoms with Gasteiger partial charge in [0.2, 0.25) is 11.9 Å². The van der Waals surface area contributed by atoms with Crippen molar-refractivity contribution in [2.75, 3.05) is 9.80 Å². The molecule has 113 heavy (non-hydrogen) atoms. The van der Waals surface area contributed by atoms with Crippen molar-refractivity contribution in [1.82, 2.24) is 29.9 Å². The Labute approximate surface area is 663 Å². The van der Waals surface area contributed by atoms with Crippen LogP contribution in [0, 0.1) is 0 Å².